The van der Waals surface area contributed by atoms with E-state index in [2.05, 4.69) is 88.5 Å². The lowest BCUT2D eigenvalue weighted by Crippen LogP contribution is -2.33. The van der Waals surface area contributed by atoms with Crippen LogP contribution in [0.4, 0.5) is 0 Å². The fraction of sp³-hybridized carbons (Fsp3) is 0.355. The minimum Gasteiger partial charge on any atom is -0.455 e. The normalized spacial score (nSPS) is 16.9. The van der Waals surface area contributed by atoms with Crippen molar-refractivity contribution >= 4 is 32.7 Å². The van der Waals surface area contributed by atoms with E-state index in [9.17, 15) is 0 Å². The van der Waals surface area contributed by atoms with E-state index in [-0.39, 0.29) is 10.8 Å². The van der Waals surface area contributed by atoms with Gasteiger partial charge in [0.15, 0.2) is 6.20 Å². The van der Waals surface area contributed by atoms with Crippen molar-refractivity contribution in [2.45, 2.75) is 65.2 Å². The van der Waals surface area contributed by atoms with Crippen LogP contribution in [-0.4, -0.2) is 4.98 Å². The average Bonchev–Trinajstić information content (AvgIpc) is 3.14. The highest BCUT2D eigenvalue weighted by Crippen LogP contribution is 2.48. The van der Waals surface area contributed by atoms with Crippen molar-refractivity contribution in [2.24, 2.45) is 7.05 Å². The predicted molar refractivity (Wildman–Crippen MR) is 140 cm³/mol. The number of fused-ring (bicyclic) bond motifs is 5. The van der Waals surface area contributed by atoms with E-state index in [0.717, 1.165) is 22.4 Å². The van der Waals surface area contributed by atoms with Crippen LogP contribution >= 0.6 is 0 Å². The van der Waals surface area contributed by atoms with E-state index in [1.54, 1.807) is 0 Å². The maximum atomic E-state index is 6.66. The van der Waals surface area contributed by atoms with Gasteiger partial charge in [0.2, 0.25) is 5.69 Å². The molecule has 3 nitrogen and oxygen atoms in total. The van der Waals surface area contributed by atoms with Gasteiger partial charge in [-0.2, -0.15) is 4.57 Å². The molecular weight excluding hydrogens is 416 g/mol. The van der Waals surface area contributed by atoms with Crippen LogP contribution in [0, 0.1) is 13.8 Å². The van der Waals surface area contributed by atoms with E-state index in [1.807, 2.05) is 18.6 Å². The molecule has 0 amide bonds. The first kappa shape index (κ1) is 21.3. The van der Waals surface area contributed by atoms with Crippen LogP contribution in [0.2, 0.25) is 0 Å². The molecule has 0 atom stereocenters. The van der Waals surface area contributed by atoms with Crippen molar-refractivity contribution in [1.82, 2.24) is 4.98 Å². The van der Waals surface area contributed by atoms with E-state index in [4.69, 9.17) is 4.42 Å². The Kier molecular flexibility index (Phi) is 4.34. The average molecular weight is 450 g/mol. The first-order chi connectivity index (χ1) is 16.1. The van der Waals surface area contributed by atoms with Crippen LogP contribution in [0.25, 0.3) is 44.0 Å². The lowest BCUT2D eigenvalue weighted by molar-refractivity contribution is -0.660. The molecule has 5 aromatic rings. The Bertz CT molecular complexity index is 1640. The minimum absolute atomic E-state index is 0.192. The van der Waals surface area contributed by atoms with E-state index in [1.165, 1.54) is 56.6 Å². The fourth-order valence-corrected chi connectivity index (χ4v) is 6.10. The summed E-state index contributed by atoms with van der Waals surface area (Å²) in [7, 11) is 2.06. The number of benzene rings is 3. The Morgan fingerprint density at radius 2 is 1.50 bits per heavy atom. The van der Waals surface area contributed by atoms with E-state index in [0.29, 0.717) is 0 Å². The molecule has 0 bridgehead atoms. The molecule has 0 spiro atoms. The molecule has 3 heteroatoms. The number of aryl methyl sites for hydroxylation is 3. The molecular formula is C31H33N2O+. The third-order valence-electron chi connectivity index (χ3n) is 8.27. The summed E-state index contributed by atoms with van der Waals surface area (Å²) >= 11 is 0. The van der Waals surface area contributed by atoms with Gasteiger partial charge in [0.05, 0.1) is 18.0 Å². The van der Waals surface area contributed by atoms with Gasteiger partial charge in [0, 0.05) is 10.8 Å². The molecule has 0 radical (unpaired) electrons. The summed E-state index contributed by atoms with van der Waals surface area (Å²) in [5, 5.41) is 4.96. The molecule has 3 aromatic carbocycles. The number of furan rings is 1. The Morgan fingerprint density at radius 1 is 0.853 bits per heavy atom. The smallest absolute Gasteiger partial charge is 0.234 e. The van der Waals surface area contributed by atoms with Crippen molar-refractivity contribution in [2.75, 3.05) is 0 Å². The van der Waals surface area contributed by atoms with Gasteiger partial charge in [-0.15, -0.1) is 0 Å². The Balaban J connectivity index is 1.71. The third kappa shape index (κ3) is 2.95. The lowest BCUT2D eigenvalue weighted by atomic mass is 9.63. The molecule has 0 fully saturated rings. The van der Waals surface area contributed by atoms with Crippen molar-refractivity contribution in [1.29, 1.82) is 0 Å². The molecule has 0 saturated heterocycles. The second kappa shape index (κ2) is 6.91. The zero-order chi connectivity index (χ0) is 24.0. The largest absolute Gasteiger partial charge is 0.455 e. The molecule has 1 aliphatic carbocycles. The lowest BCUT2D eigenvalue weighted by Gasteiger charge is -2.42. The highest BCUT2D eigenvalue weighted by molar-refractivity contribution is 6.14. The highest BCUT2D eigenvalue weighted by Gasteiger charge is 2.37. The van der Waals surface area contributed by atoms with Gasteiger partial charge >= 0.3 is 0 Å². The number of hydrogen-bond donors (Lipinski definition) is 0. The fourth-order valence-electron chi connectivity index (χ4n) is 6.10. The Hall–Kier alpha value is -3.20. The summed E-state index contributed by atoms with van der Waals surface area (Å²) in [4.78, 5) is 4.40. The number of hydrogen-bond acceptors (Lipinski definition) is 2. The van der Waals surface area contributed by atoms with Gasteiger partial charge < -0.3 is 4.42 Å². The van der Waals surface area contributed by atoms with Crippen LogP contribution in [0.5, 0.6) is 0 Å². The summed E-state index contributed by atoms with van der Waals surface area (Å²) in [5.41, 5.74) is 9.93. The van der Waals surface area contributed by atoms with Crippen molar-refractivity contribution in [3.8, 4) is 11.3 Å². The second-order valence-electron chi connectivity index (χ2n) is 11.6. The summed E-state index contributed by atoms with van der Waals surface area (Å²) in [6, 6.07) is 11.8. The highest BCUT2D eigenvalue weighted by atomic mass is 16.3. The molecule has 0 unspecified atom stereocenters. The molecule has 172 valence electrons. The zero-order valence-electron chi connectivity index (χ0n) is 21.3. The molecule has 0 aliphatic heterocycles. The summed E-state index contributed by atoms with van der Waals surface area (Å²) in [6.45, 7) is 13.9. The number of rotatable bonds is 1. The molecule has 34 heavy (non-hydrogen) atoms. The number of nitrogens with zero attached hydrogens (tertiary/aromatic N) is 2. The predicted octanol–water partition coefficient (Wildman–Crippen LogP) is 7.59. The first-order valence-electron chi connectivity index (χ1n) is 12.3. The van der Waals surface area contributed by atoms with Gasteiger partial charge in [-0.05, 0) is 82.7 Å². The van der Waals surface area contributed by atoms with Gasteiger partial charge in [-0.1, -0.05) is 45.9 Å². The molecule has 0 N–H and O–H groups in total. The maximum Gasteiger partial charge on any atom is 0.234 e. The number of aromatic nitrogens is 2. The van der Waals surface area contributed by atoms with E-state index < -0.39 is 0 Å². The van der Waals surface area contributed by atoms with Crippen LogP contribution in [-0.2, 0) is 17.9 Å². The SMILES string of the molecule is Cc1cc(C)c2c(oc3cc4cc5c(cc4cc32)C(C)(C)CCC5(C)C)c1-c1cncc[n+]1C. The van der Waals surface area contributed by atoms with Crippen LogP contribution < -0.4 is 4.57 Å². The van der Waals surface area contributed by atoms with Crippen molar-refractivity contribution in [3.05, 3.63) is 71.2 Å². The Labute approximate surface area is 201 Å². The van der Waals surface area contributed by atoms with Crippen molar-refractivity contribution in [3.63, 3.8) is 0 Å². The van der Waals surface area contributed by atoms with E-state index >= 15 is 0 Å². The van der Waals surface area contributed by atoms with Crippen molar-refractivity contribution < 1.29 is 8.98 Å². The maximum absolute atomic E-state index is 6.66. The molecule has 2 heterocycles. The monoisotopic (exact) mass is 449 g/mol. The summed E-state index contributed by atoms with van der Waals surface area (Å²) in [6.07, 6.45) is 8.18. The third-order valence-corrected chi connectivity index (χ3v) is 8.27. The summed E-state index contributed by atoms with van der Waals surface area (Å²) < 4.78 is 8.78. The van der Waals surface area contributed by atoms with Crippen LogP contribution in [0.3, 0.4) is 0 Å². The van der Waals surface area contributed by atoms with Gasteiger partial charge in [0.1, 0.15) is 18.2 Å². The van der Waals surface area contributed by atoms with Gasteiger partial charge in [-0.25, -0.2) is 0 Å². The van der Waals surface area contributed by atoms with Crippen LogP contribution in [0.15, 0.2) is 53.3 Å². The first-order valence-corrected chi connectivity index (χ1v) is 12.3. The molecule has 6 rings (SSSR count). The Morgan fingerprint density at radius 3 is 2.15 bits per heavy atom. The van der Waals surface area contributed by atoms with Gasteiger partial charge in [-0.3, -0.25) is 4.98 Å². The summed E-state index contributed by atoms with van der Waals surface area (Å²) in [5.74, 6) is 0. The van der Waals surface area contributed by atoms with Crippen LogP contribution in [0.1, 0.15) is 62.8 Å². The second-order valence-corrected chi connectivity index (χ2v) is 11.6. The quantitative estimate of drug-likeness (QED) is 0.247. The minimum atomic E-state index is 0.192. The van der Waals surface area contributed by atoms with Gasteiger partial charge in [0.25, 0.3) is 0 Å². The molecule has 2 aromatic heterocycles. The standard InChI is InChI=1S/C31H33N2O/c1-18-12-19(2)28(25-17-32-10-11-33(25)7)29-27(18)22-13-20-14-23-24(15-21(20)16-26(22)34-29)31(5,6)9-8-30(23,3)4/h10-17H,8-9H2,1-7H3/q+1. The molecule has 0 saturated carbocycles. The zero-order valence-corrected chi connectivity index (χ0v) is 21.3. The molecule has 1 aliphatic rings. The topological polar surface area (TPSA) is 29.9 Å².